The number of fused-ring (bicyclic) bond motifs is 5. The van der Waals surface area contributed by atoms with Gasteiger partial charge in [0.15, 0.2) is 0 Å². The lowest BCUT2D eigenvalue weighted by molar-refractivity contribution is 1.69. The Bertz CT molecular complexity index is 1500. The summed E-state index contributed by atoms with van der Waals surface area (Å²) in [6.07, 6.45) is 0. The molecule has 0 aliphatic heterocycles. The first-order valence-electron chi connectivity index (χ1n) is 9.71. The lowest BCUT2D eigenvalue weighted by Crippen LogP contribution is -1.85. The van der Waals surface area contributed by atoms with Gasteiger partial charge >= 0.3 is 0 Å². The average Bonchev–Trinajstić information content (AvgIpc) is 2.77. The fourth-order valence-electron chi connectivity index (χ4n) is 4.48. The van der Waals surface area contributed by atoms with Crippen LogP contribution in [-0.2, 0) is 0 Å². The Morgan fingerprint density at radius 1 is 0.286 bits per heavy atom. The maximum Gasteiger partial charge on any atom is -0.00986 e. The van der Waals surface area contributed by atoms with Crippen LogP contribution in [0, 0.1) is 0 Å². The molecule has 0 heterocycles. The number of rotatable bonds is 1. The summed E-state index contributed by atoms with van der Waals surface area (Å²) >= 11 is 0. The smallest absolute Gasteiger partial charge is 0.00986 e. The van der Waals surface area contributed by atoms with Crippen LogP contribution in [0.1, 0.15) is 0 Å². The van der Waals surface area contributed by atoms with Crippen molar-refractivity contribution >= 4 is 43.1 Å². The maximum atomic E-state index is 2.38. The zero-order chi connectivity index (χ0) is 18.5. The molecule has 6 aromatic carbocycles. The zero-order valence-corrected chi connectivity index (χ0v) is 15.4. The fourth-order valence-corrected chi connectivity index (χ4v) is 4.48. The minimum absolute atomic E-state index is 1.28. The molecule has 0 radical (unpaired) electrons. The van der Waals surface area contributed by atoms with Crippen molar-refractivity contribution in [2.75, 3.05) is 0 Å². The number of benzene rings is 6. The molecule has 0 aromatic heterocycles. The largest absolute Gasteiger partial charge is 0.0616 e. The van der Waals surface area contributed by atoms with Crippen molar-refractivity contribution in [1.82, 2.24) is 0 Å². The Morgan fingerprint density at radius 3 is 1.64 bits per heavy atom. The van der Waals surface area contributed by atoms with Gasteiger partial charge in [0.2, 0.25) is 0 Å². The van der Waals surface area contributed by atoms with Gasteiger partial charge in [-0.1, -0.05) is 97.1 Å². The molecular formula is C28H18. The first-order valence-corrected chi connectivity index (χ1v) is 9.71. The molecule has 0 heteroatoms. The van der Waals surface area contributed by atoms with Gasteiger partial charge in [0.1, 0.15) is 0 Å². The van der Waals surface area contributed by atoms with E-state index in [9.17, 15) is 0 Å². The summed E-state index contributed by atoms with van der Waals surface area (Å²) in [5, 5.41) is 10.4. The molecule has 0 nitrogen and oxygen atoms in total. The van der Waals surface area contributed by atoms with Crippen LogP contribution in [0.25, 0.3) is 54.2 Å². The van der Waals surface area contributed by atoms with E-state index in [1.807, 2.05) is 0 Å². The van der Waals surface area contributed by atoms with Gasteiger partial charge in [-0.25, -0.2) is 0 Å². The molecule has 0 saturated heterocycles. The third kappa shape index (κ3) is 2.25. The highest BCUT2D eigenvalue weighted by Crippen LogP contribution is 2.37. The molecule has 0 fully saturated rings. The lowest BCUT2D eigenvalue weighted by Gasteiger charge is -2.12. The minimum Gasteiger partial charge on any atom is -0.0616 e. The van der Waals surface area contributed by atoms with Gasteiger partial charge in [-0.3, -0.25) is 0 Å². The van der Waals surface area contributed by atoms with Gasteiger partial charge in [0.05, 0.1) is 0 Å². The van der Waals surface area contributed by atoms with Gasteiger partial charge in [-0.05, 0) is 66.3 Å². The van der Waals surface area contributed by atoms with Crippen molar-refractivity contribution in [2.45, 2.75) is 0 Å². The van der Waals surface area contributed by atoms with E-state index in [1.54, 1.807) is 0 Å². The zero-order valence-electron chi connectivity index (χ0n) is 15.4. The van der Waals surface area contributed by atoms with E-state index in [4.69, 9.17) is 0 Å². The van der Waals surface area contributed by atoms with Crippen LogP contribution >= 0.6 is 0 Å². The first-order chi connectivity index (χ1) is 13.9. The van der Waals surface area contributed by atoms with Gasteiger partial charge in [-0.15, -0.1) is 0 Å². The van der Waals surface area contributed by atoms with Crippen LogP contribution in [0.15, 0.2) is 109 Å². The van der Waals surface area contributed by atoms with Gasteiger partial charge in [-0.2, -0.15) is 0 Å². The van der Waals surface area contributed by atoms with E-state index in [1.165, 1.54) is 54.2 Å². The molecule has 0 amide bonds. The van der Waals surface area contributed by atoms with Crippen molar-refractivity contribution in [3.05, 3.63) is 109 Å². The molecule has 0 spiro atoms. The lowest BCUT2D eigenvalue weighted by atomic mass is 9.91. The average molecular weight is 354 g/mol. The van der Waals surface area contributed by atoms with Gasteiger partial charge in [0, 0.05) is 0 Å². The second kappa shape index (κ2) is 5.94. The maximum absolute atomic E-state index is 2.38. The van der Waals surface area contributed by atoms with E-state index in [0.717, 1.165) is 0 Å². The molecule has 0 unspecified atom stereocenters. The first kappa shape index (κ1) is 15.4. The van der Waals surface area contributed by atoms with Crippen LogP contribution in [0.5, 0.6) is 0 Å². The molecule has 0 atom stereocenters. The summed E-state index contributed by atoms with van der Waals surface area (Å²) in [5.41, 5.74) is 2.59. The normalized spacial score (nSPS) is 11.6. The molecule has 0 aliphatic rings. The minimum atomic E-state index is 1.28. The molecule has 6 rings (SSSR count). The van der Waals surface area contributed by atoms with E-state index in [2.05, 4.69) is 109 Å². The Labute approximate surface area is 163 Å². The summed E-state index contributed by atoms with van der Waals surface area (Å²) in [6, 6.07) is 39.7. The van der Waals surface area contributed by atoms with E-state index >= 15 is 0 Å². The highest BCUT2D eigenvalue weighted by atomic mass is 14.1. The van der Waals surface area contributed by atoms with Crippen molar-refractivity contribution in [3.8, 4) is 11.1 Å². The molecule has 0 saturated carbocycles. The monoisotopic (exact) mass is 354 g/mol. The highest BCUT2D eigenvalue weighted by Gasteiger charge is 2.09. The SMILES string of the molecule is c1ccc2c(-c3cccc4cc5ccc6ccccc6c5cc34)cccc2c1. The molecule has 0 bridgehead atoms. The third-order valence-corrected chi connectivity index (χ3v) is 5.82. The van der Waals surface area contributed by atoms with Crippen LogP contribution < -0.4 is 0 Å². The van der Waals surface area contributed by atoms with Crippen LogP contribution in [0.3, 0.4) is 0 Å². The summed E-state index contributed by atoms with van der Waals surface area (Å²) in [4.78, 5) is 0. The predicted octanol–water partition coefficient (Wildman–Crippen LogP) is 7.97. The Balaban J connectivity index is 1.76. The Hall–Kier alpha value is -3.64. The number of hydrogen-bond donors (Lipinski definition) is 0. The molecule has 28 heavy (non-hydrogen) atoms. The van der Waals surface area contributed by atoms with E-state index in [-0.39, 0.29) is 0 Å². The van der Waals surface area contributed by atoms with Crippen LogP contribution in [0.4, 0.5) is 0 Å². The highest BCUT2D eigenvalue weighted by molar-refractivity contribution is 6.15. The molecular weight excluding hydrogens is 336 g/mol. The quantitative estimate of drug-likeness (QED) is 0.207. The summed E-state index contributed by atoms with van der Waals surface area (Å²) in [5.74, 6) is 0. The predicted molar refractivity (Wildman–Crippen MR) is 122 cm³/mol. The van der Waals surface area contributed by atoms with Crippen LogP contribution in [-0.4, -0.2) is 0 Å². The topological polar surface area (TPSA) is 0 Å². The van der Waals surface area contributed by atoms with E-state index < -0.39 is 0 Å². The van der Waals surface area contributed by atoms with Crippen molar-refractivity contribution in [3.63, 3.8) is 0 Å². The van der Waals surface area contributed by atoms with Crippen molar-refractivity contribution in [2.24, 2.45) is 0 Å². The van der Waals surface area contributed by atoms with E-state index in [0.29, 0.717) is 0 Å². The molecule has 6 aromatic rings. The fraction of sp³-hybridized carbons (Fsp3) is 0. The van der Waals surface area contributed by atoms with Gasteiger partial charge < -0.3 is 0 Å². The summed E-state index contributed by atoms with van der Waals surface area (Å²) < 4.78 is 0. The Kier molecular flexibility index (Phi) is 3.27. The van der Waals surface area contributed by atoms with Crippen molar-refractivity contribution in [1.29, 1.82) is 0 Å². The third-order valence-electron chi connectivity index (χ3n) is 5.82. The standard InChI is InChI=1S/C28H18/c1-3-11-23-19(7-1)9-5-13-25(23)26-14-6-10-21-17-22-16-15-20-8-2-4-12-24(20)27(22)18-28(21)26/h1-18H. The summed E-state index contributed by atoms with van der Waals surface area (Å²) in [7, 11) is 0. The molecule has 0 aliphatic carbocycles. The second-order valence-electron chi connectivity index (χ2n) is 7.41. The van der Waals surface area contributed by atoms with Crippen LogP contribution in [0.2, 0.25) is 0 Å². The van der Waals surface area contributed by atoms with Crippen molar-refractivity contribution < 1.29 is 0 Å². The molecule has 0 N–H and O–H groups in total. The molecule has 130 valence electrons. The van der Waals surface area contributed by atoms with Gasteiger partial charge in [0.25, 0.3) is 0 Å². The second-order valence-corrected chi connectivity index (χ2v) is 7.41. The summed E-state index contributed by atoms with van der Waals surface area (Å²) in [6.45, 7) is 0. The number of hydrogen-bond acceptors (Lipinski definition) is 0. The Morgan fingerprint density at radius 2 is 0.821 bits per heavy atom.